The van der Waals surface area contributed by atoms with Crippen molar-refractivity contribution in [3.05, 3.63) is 48.2 Å². The number of rotatable bonds is 5. The first-order valence-corrected chi connectivity index (χ1v) is 7.36. The van der Waals surface area contributed by atoms with Crippen LogP contribution in [0.2, 0.25) is 0 Å². The lowest BCUT2D eigenvalue weighted by Crippen LogP contribution is -2.56. The molecule has 0 aliphatic heterocycles. The zero-order chi connectivity index (χ0) is 17.9. The summed E-state index contributed by atoms with van der Waals surface area (Å²) in [5, 5.41) is 48.0. The van der Waals surface area contributed by atoms with Gasteiger partial charge in [0.25, 0.3) is 0 Å². The summed E-state index contributed by atoms with van der Waals surface area (Å²) in [5.41, 5.74) is -1.40. The lowest BCUT2D eigenvalue weighted by atomic mass is 9.79. The number of carboxylic acids is 1. The molecule has 1 saturated carbocycles. The lowest BCUT2D eigenvalue weighted by molar-refractivity contribution is -0.188. The zero-order valence-electron chi connectivity index (χ0n) is 12.9. The summed E-state index contributed by atoms with van der Waals surface area (Å²) in [6.45, 7) is 3.65. The summed E-state index contributed by atoms with van der Waals surface area (Å²) in [6, 6.07) is 6.36. The Labute approximate surface area is 138 Å². The average Bonchev–Trinajstić information content (AvgIpc) is 2.51. The molecular formula is C17H20O7. The van der Waals surface area contributed by atoms with E-state index >= 15 is 0 Å². The predicted octanol–water partition coefficient (Wildman–Crippen LogP) is 0.636. The van der Waals surface area contributed by atoms with Gasteiger partial charge in [0.2, 0.25) is 0 Å². The van der Waals surface area contributed by atoms with Crippen LogP contribution in [-0.2, 0) is 9.53 Å². The Morgan fingerprint density at radius 1 is 1.25 bits per heavy atom. The Hall–Kier alpha value is -2.35. The molecule has 1 aromatic carbocycles. The van der Waals surface area contributed by atoms with E-state index in [0.717, 1.165) is 5.56 Å². The fourth-order valence-electron chi connectivity index (χ4n) is 2.55. The van der Waals surface area contributed by atoms with E-state index in [-0.39, 0.29) is 17.9 Å². The third kappa shape index (κ3) is 4.14. The molecule has 0 spiro atoms. The minimum atomic E-state index is -2.16. The Balaban J connectivity index is 2.03. The van der Waals surface area contributed by atoms with Gasteiger partial charge in [0.05, 0.1) is 6.10 Å². The van der Waals surface area contributed by atoms with Crippen molar-refractivity contribution < 1.29 is 35.1 Å². The molecule has 0 aromatic heterocycles. The molecule has 4 atom stereocenters. The zero-order valence-corrected chi connectivity index (χ0v) is 12.9. The van der Waals surface area contributed by atoms with Crippen LogP contribution in [0.4, 0.5) is 0 Å². The van der Waals surface area contributed by atoms with Crippen molar-refractivity contribution in [2.24, 2.45) is 0 Å². The fourth-order valence-corrected chi connectivity index (χ4v) is 2.55. The summed E-state index contributed by atoms with van der Waals surface area (Å²) in [7, 11) is 0. The van der Waals surface area contributed by atoms with Gasteiger partial charge in [-0.15, -0.1) is 0 Å². The van der Waals surface area contributed by atoms with Crippen LogP contribution >= 0.6 is 0 Å². The maximum Gasteiger partial charge on any atom is 0.335 e. The smallest absolute Gasteiger partial charge is 0.335 e. The predicted molar refractivity (Wildman–Crippen MR) is 85.0 cm³/mol. The van der Waals surface area contributed by atoms with Crippen molar-refractivity contribution in [3.8, 4) is 5.75 Å². The van der Waals surface area contributed by atoms with Crippen LogP contribution < -0.4 is 0 Å². The molecule has 0 bridgehead atoms. The molecule has 1 aliphatic carbocycles. The molecule has 0 radical (unpaired) electrons. The maximum absolute atomic E-state index is 11.1. The van der Waals surface area contributed by atoms with Crippen LogP contribution in [-0.4, -0.2) is 55.4 Å². The summed E-state index contributed by atoms with van der Waals surface area (Å²) < 4.78 is 5.40. The van der Waals surface area contributed by atoms with Gasteiger partial charge in [-0.3, -0.25) is 0 Å². The summed E-state index contributed by atoms with van der Waals surface area (Å²) in [6.07, 6.45) is -1.54. The van der Waals surface area contributed by atoms with Crippen molar-refractivity contribution in [2.75, 3.05) is 0 Å². The molecular weight excluding hydrogens is 316 g/mol. The van der Waals surface area contributed by atoms with Crippen LogP contribution in [0.15, 0.2) is 42.7 Å². The number of hydrogen-bond acceptors (Lipinski definition) is 6. The monoisotopic (exact) mass is 336 g/mol. The number of aromatic hydroxyl groups is 1. The number of aliphatic hydroxyl groups is 3. The quantitative estimate of drug-likeness (QED) is 0.394. The fraction of sp³-hybridized carbons (Fsp3) is 0.353. The number of carbonyl (C=O) groups is 1. The van der Waals surface area contributed by atoms with Crippen LogP contribution in [0.1, 0.15) is 18.4 Å². The standard InChI is InChI=1S/C17H20O7/c1-10(2-3-11-4-6-12(18)7-5-11)24-14-9-17(23,16(21)22)8-13(19)15(14)20/h2-7,13-15,18-20,23H,1,8-9H2,(H,21,22)/b3-2+/t13-,14-,15-,17+/m1/s1. The van der Waals surface area contributed by atoms with E-state index in [1.165, 1.54) is 18.2 Å². The number of aliphatic hydroxyl groups excluding tert-OH is 2. The summed E-state index contributed by atoms with van der Waals surface area (Å²) in [5.74, 6) is -1.21. The average molecular weight is 336 g/mol. The normalized spacial score (nSPS) is 30.2. The SMILES string of the molecule is C=C(/C=C/c1ccc(O)cc1)O[C@@H]1C[C@](O)(C(=O)O)C[C@@H](O)[C@H]1O. The van der Waals surface area contributed by atoms with Crippen LogP contribution in [0, 0.1) is 0 Å². The van der Waals surface area contributed by atoms with Gasteiger partial charge in [0.1, 0.15) is 23.7 Å². The van der Waals surface area contributed by atoms with Crippen molar-refractivity contribution in [1.82, 2.24) is 0 Å². The van der Waals surface area contributed by atoms with Crippen molar-refractivity contribution in [2.45, 2.75) is 36.8 Å². The van der Waals surface area contributed by atoms with Gasteiger partial charge in [-0.05, 0) is 23.8 Å². The van der Waals surface area contributed by atoms with Gasteiger partial charge in [0.15, 0.2) is 5.60 Å². The van der Waals surface area contributed by atoms with Gasteiger partial charge in [-0.2, -0.15) is 0 Å². The minimum Gasteiger partial charge on any atom is -0.508 e. The molecule has 0 unspecified atom stereocenters. The van der Waals surface area contributed by atoms with Crippen LogP contribution in [0.5, 0.6) is 5.75 Å². The molecule has 130 valence electrons. The second kappa shape index (κ2) is 7.04. The Bertz CT molecular complexity index is 637. The number of carboxylic acid groups (broad SMARTS) is 1. The number of benzene rings is 1. The third-order valence-corrected chi connectivity index (χ3v) is 3.92. The van der Waals surface area contributed by atoms with Crippen LogP contribution in [0.3, 0.4) is 0 Å². The third-order valence-electron chi connectivity index (χ3n) is 3.92. The number of phenols is 1. The molecule has 7 heteroatoms. The van der Waals surface area contributed by atoms with E-state index in [0.29, 0.717) is 0 Å². The van der Waals surface area contributed by atoms with Gasteiger partial charge in [-0.1, -0.05) is 24.8 Å². The van der Waals surface area contributed by atoms with Gasteiger partial charge in [-0.25, -0.2) is 4.79 Å². The Morgan fingerprint density at radius 3 is 2.46 bits per heavy atom. The van der Waals surface area contributed by atoms with E-state index in [9.17, 15) is 25.2 Å². The van der Waals surface area contributed by atoms with E-state index < -0.39 is 36.3 Å². The number of ether oxygens (including phenoxy) is 1. The first-order chi connectivity index (χ1) is 11.2. The molecule has 0 heterocycles. The van der Waals surface area contributed by atoms with E-state index in [2.05, 4.69) is 6.58 Å². The number of phenolic OH excluding ortho intramolecular Hbond substituents is 1. The molecule has 0 saturated heterocycles. The van der Waals surface area contributed by atoms with Gasteiger partial charge < -0.3 is 30.3 Å². The highest BCUT2D eigenvalue weighted by Crippen LogP contribution is 2.32. The largest absolute Gasteiger partial charge is 0.508 e. The van der Waals surface area contributed by atoms with Gasteiger partial charge >= 0.3 is 5.97 Å². The molecule has 24 heavy (non-hydrogen) atoms. The molecule has 1 fully saturated rings. The highest BCUT2D eigenvalue weighted by molar-refractivity contribution is 5.77. The Kier molecular flexibility index (Phi) is 5.28. The second-order valence-electron chi connectivity index (χ2n) is 5.85. The lowest BCUT2D eigenvalue weighted by Gasteiger charge is -2.39. The second-order valence-corrected chi connectivity index (χ2v) is 5.85. The number of hydrogen-bond donors (Lipinski definition) is 5. The topological polar surface area (TPSA) is 127 Å². The first kappa shape index (κ1) is 18.0. The molecule has 2 rings (SSSR count). The molecule has 0 amide bonds. The highest BCUT2D eigenvalue weighted by atomic mass is 16.5. The van der Waals surface area contributed by atoms with Crippen LogP contribution in [0.25, 0.3) is 6.08 Å². The number of allylic oxidation sites excluding steroid dienone is 1. The highest BCUT2D eigenvalue weighted by Gasteiger charge is 2.50. The Morgan fingerprint density at radius 2 is 1.88 bits per heavy atom. The molecule has 1 aliphatic rings. The summed E-state index contributed by atoms with van der Waals surface area (Å²) >= 11 is 0. The minimum absolute atomic E-state index is 0.133. The number of aliphatic carboxylic acids is 1. The van der Waals surface area contributed by atoms with Gasteiger partial charge in [0, 0.05) is 12.8 Å². The molecule has 5 N–H and O–H groups in total. The van der Waals surface area contributed by atoms with Crippen molar-refractivity contribution in [3.63, 3.8) is 0 Å². The first-order valence-electron chi connectivity index (χ1n) is 7.36. The van der Waals surface area contributed by atoms with E-state index in [4.69, 9.17) is 9.84 Å². The molecule has 1 aromatic rings. The van der Waals surface area contributed by atoms with Crippen molar-refractivity contribution in [1.29, 1.82) is 0 Å². The van der Waals surface area contributed by atoms with E-state index in [1.807, 2.05) is 0 Å². The summed E-state index contributed by atoms with van der Waals surface area (Å²) in [4.78, 5) is 11.1. The molecule has 7 nitrogen and oxygen atoms in total. The van der Waals surface area contributed by atoms with Crippen molar-refractivity contribution >= 4 is 12.0 Å². The van der Waals surface area contributed by atoms with E-state index in [1.54, 1.807) is 18.2 Å². The maximum atomic E-state index is 11.1.